The van der Waals surface area contributed by atoms with E-state index in [1.807, 2.05) is 6.07 Å². The average Bonchev–Trinajstić information content (AvgIpc) is 2.34. The van der Waals surface area contributed by atoms with Crippen molar-refractivity contribution in [1.82, 2.24) is 0 Å². The third-order valence-electron chi connectivity index (χ3n) is 2.54. The Morgan fingerprint density at radius 1 is 1.19 bits per heavy atom. The summed E-state index contributed by atoms with van der Waals surface area (Å²) in [5, 5.41) is 8.24. The highest BCUT2D eigenvalue weighted by molar-refractivity contribution is 4.66. The van der Waals surface area contributed by atoms with Gasteiger partial charge in [-0.15, -0.1) is 0 Å². The predicted octanol–water partition coefficient (Wildman–Crippen LogP) is 2.24. The van der Waals surface area contributed by atoms with Crippen LogP contribution in [-0.4, -0.2) is 32.7 Å². The van der Waals surface area contributed by atoms with Crippen molar-refractivity contribution in [3.63, 3.8) is 0 Å². The van der Waals surface area contributed by atoms with Gasteiger partial charge in [-0.1, -0.05) is 0 Å². The van der Waals surface area contributed by atoms with Crippen molar-refractivity contribution < 1.29 is 14.2 Å². The molecule has 0 N–H and O–H groups in total. The van der Waals surface area contributed by atoms with Gasteiger partial charge in [0.15, 0.2) is 6.29 Å². The molecule has 1 aliphatic rings. The Morgan fingerprint density at radius 2 is 2.06 bits per heavy atom. The molecule has 4 heteroatoms. The van der Waals surface area contributed by atoms with E-state index in [2.05, 4.69) is 0 Å². The van der Waals surface area contributed by atoms with Crippen LogP contribution in [0.25, 0.3) is 0 Å². The van der Waals surface area contributed by atoms with Gasteiger partial charge in [-0.3, -0.25) is 0 Å². The van der Waals surface area contributed by atoms with Crippen LogP contribution in [0.2, 0.25) is 0 Å². The molecule has 0 saturated carbocycles. The number of rotatable bonds is 8. The second-order valence-corrected chi connectivity index (χ2v) is 3.94. The number of hydrogen-bond acceptors (Lipinski definition) is 4. The van der Waals surface area contributed by atoms with Gasteiger partial charge in [0.1, 0.15) is 6.61 Å². The smallest absolute Gasteiger partial charge is 0.157 e. The SMILES string of the molecule is N#CCOCCCCCOC1CCCCO1. The van der Waals surface area contributed by atoms with Gasteiger partial charge in [0.25, 0.3) is 0 Å². The van der Waals surface area contributed by atoms with Crippen molar-refractivity contribution in [2.75, 3.05) is 26.4 Å². The first-order valence-electron chi connectivity index (χ1n) is 6.11. The molecule has 92 valence electrons. The molecule has 0 aliphatic carbocycles. The Bertz CT molecular complexity index is 197. The van der Waals surface area contributed by atoms with Crippen LogP contribution in [0, 0.1) is 11.3 Å². The van der Waals surface area contributed by atoms with Crippen LogP contribution in [0.3, 0.4) is 0 Å². The van der Waals surface area contributed by atoms with Gasteiger partial charge in [0.05, 0.1) is 6.07 Å². The summed E-state index contributed by atoms with van der Waals surface area (Å²) in [5.41, 5.74) is 0. The van der Waals surface area contributed by atoms with Crippen molar-refractivity contribution in [2.24, 2.45) is 0 Å². The van der Waals surface area contributed by atoms with E-state index in [4.69, 9.17) is 19.5 Å². The third-order valence-corrected chi connectivity index (χ3v) is 2.54. The van der Waals surface area contributed by atoms with Crippen LogP contribution in [-0.2, 0) is 14.2 Å². The summed E-state index contributed by atoms with van der Waals surface area (Å²) in [6, 6.07) is 1.95. The minimum absolute atomic E-state index is 0.0311. The molecular weight excluding hydrogens is 206 g/mol. The molecule has 0 aromatic heterocycles. The van der Waals surface area contributed by atoms with Crippen LogP contribution in [0.1, 0.15) is 38.5 Å². The Balaban J connectivity index is 1.79. The van der Waals surface area contributed by atoms with E-state index in [9.17, 15) is 0 Å². The van der Waals surface area contributed by atoms with Crippen LogP contribution in [0.4, 0.5) is 0 Å². The number of unbranched alkanes of at least 4 members (excludes halogenated alkanes) is 2. The molecule has 1 fully saturated rings. The van der Waals surface area contributed by atoms with E-state index in [1.54, 1.807) is 0 Å². The molecule has 0 radical (unpaired) electrons. The van der Waals surface area contributed by atoms with E-state index >= 15 is 0 Å². The zero-order chi connectivity index (χ0) is 11.5. The fourth-order valence-corrected chi connectivity index (χ4v) is 1.66. The maximum absolute atomic E-state index is 8.24. The molecule has 0 amide bonds. The lowest BCUT2D eigenvalue weighted by molar-refractivity contribution is -0.162. The highest BCUT2D eigenvalue weighted by atomic mass is 16.7. The summed E-state index contributed by atoms with van der Waals surface area (Å²) < 4.78 is 16.1. The molecule has 1 rings (SSSR count). The Labute approximate surface area is 97.5 Å². The lowest BCUT2D eigenvalue weighted by Gasteiger charge is -2.22. The predicted molar refractivity (Wildman–Crippen MR) is 59.8 cm³/mol. The lowest BCUT2D eigenvalue weighted by atomic mass is 10.2. The van der Waals surface area contributed by atoms with E-state index in [0.29, 0.717) is 6.61 Å². The van der Waals surface area contributed by atoms with Crippen LogP contribution >= 0.6 is 0 Å². The molecule has 0 aromatic rings. The van der Waals surface area contributed by atoms with Gasteiger partial charge >= 0.3 is 0 Å². The van der Waals surface area contributed by atoms with Gasteiger partial charge in [0.2, 0.25) is 0 Å². The highest BCUT2D eigenvalue weighted by Crippen LogP contribution is 2.14. The normalized spacial score (nSPS) is 20.6. The van der Waals surface area contributed by atoms with E-state index in [1.165, 1.54) is 6.42 Å². The summed E-state index contributed by atoms with van der Waals surface area (Å²) in [6.45, 7) is 2.48. The molecule has 4 nitrogen and oxygen atoms in total. The van der Waals surface area contributed by atoms with Crippen LogP contribution in [0.15, 0.2) is 0 Å². The zero-order valence-corrected chi connectivity index (χ0v) is 9.82. The number of ether oxygens (including phenoxy) is 3. The first-order chi connectivity index (χ1) is 7.93. The summed E-state index contributed by atoms with van der Waals surface area (Å²) in [7, 11) is 0. The Hall–Kier alpha value is -0.630. The standard InChI is InChI=1S/C12H21NO3/c13-7-11-14-8-3-1-4-9-15-12-6-2-5-10-16-12/h12H,1-6,8-11H2. The first-order valence-corrected chi connectivity index (χ1v) is 6.11. The monoisotopic (exact) mass is 227 g/mol. The lowest BCUT2D eigenvalue weighted by Crippen LogP contribution is -2.22. The zero-order valence-electron chi connectivity index (χ0n) is 9.82. The number of nitriles is 1. The van der Waals surface area contributed by atoms with E-state index in [-0.39, 0.29) is 12.9 Å². The molecule has 16 heavy (non-hydrogen) atoms. The van der Waals surface area contributed by atoms with Crippen LogP contribution in [0.5, 0.6) is 0 Å². The van der Waals surface area contributed by atoms with Crippen molar-refractivity contribution in [3.05, 3.63) is 0 Å². The summed E-state index contributed by atoms with van der Waals surface area (Å²) in [6.07, 6.45) is 6.56. The maximum Gasteiger partial charge on any atom is 0.157 e. The fraction of sp³-hybridized carbons (Fsp3) is 0.917. The van der Waals surface area contributed by atoms with Crippen molar-refractivity contribution >= 4 is 0 Å². The quantitative estimate of drug-likeness (QED) is 0.597. The molecule has 1 atom stereocenters. The highest BCUT2D eigenvalue weighted by Gasteiger charge is 2.13. The van der Waals surface area contributed by atoms with Gasteiger partial charge < -0.3 is 14.2 Å². The molecule has 1 heterocycles. The van der Waals surface area contributed by atoms with E-state index < -0.39 is 0 Å². The Morgan fingerprint density at radius 3 is 2.81 bits per heavy atom. The summed E-state index contributed by atoms with van der Waals surface area (Å²) in [4.78, 5) is 0. The minimum Gasteiger partial charge on any atom is -0.367 e. The Kier molecular flexibility index (Phi) is 8.05. The van der Waals surface area contributed by atoms with Crippen molar-refractivity contribution in [3.8, 4) is 6.07 Å². The topological polar surface area (TPSA) is 51.5 Å². The van der Waals surface area contributed by atoms with Gasteiger partial charge in [-0.25, -0.2) is 0 Å². The van der Waals surface area contributed by atoms with Gasteiger partial charge in [-0.2, -0.15) is 5.26 Å². The molecule has 0 bridgehead atoms. The fourth-order valence-electron chi connectivity index (χ4n) is 1.66. The van der Waals surface area contributed by atoms with E-state index in [0.717, 1.165) is 45.3 Å². The maximum atomic E-state index is 8.24. The summed E-state index contributed by atoms with van der Waals surface area (Å²) >= 11 is 0. The van der Waals surface area contributed by atoms with Crippen LogP contribution < -0.4 is 0 Å². The molecule has 1 unspecified atom stereocenters. The molecule has 0 spiro atoms. The second-order valence-electron chi connectivity index (χ2n) is 3.94. The van der Waals surface area contributed by atoms with Gasteiger partial charge in [-0.05, 0) is 38.5 Å². The number of hydrogen-bond donors (Lipinski definition) is 0. The second kappa shape index (κ2) is 9.59. The molecule has 1 aliphatic heterocycles. The molecular formula is C12H21NO3. The van der Waals surface area contributed by atoms with Crippen molar-refractivity contribution in [1.29, 1.82) is 5.26 Å². The summed E-state index contributed by atoms with van der Waals surface area (Å²) in [5.74, 6) is 0. The molecule has 1 saturated heterocycles. The average molecular weight is 227 g/mol. The minimum atomic E-state index is 0.0311. The number of nitrogens with zero attached hydrogens (tertiary/aromatic N) is 1. The largest absolute Gasteiger partial charge is 0.367 e. The third kappa shape index (κ3) is 6.78. The van der Waals surface area contributed by atoms with Crippen molar-refractivity contribution in [2.45, 2.75) is 44.8 Å². The molecule has 0 aromatic carbocycles. The first kappa shape index (κ1) is 13.4. The van der Waals surface area contributed by atoms with Gasteiger partial charge in [0, 0.05) is 19.8 Å².